The molecule has 0 aliphatic heterocycles. The number of unbranched alkanes of at least 4 members (excludes halogenated alkanes) is 5. The number of phenols is 1. The molecule has 0 aliphatic carbocycles. The van der Waals surface area contributed by atoms with Crippen molar-refractivity contribution < 1.29 is 9.84 Å². The van der Waals surface area contributed by atoms with Gasteiger partial charge in [0.15, 0.2) is 0 Å². The van der Waals surface area contributed by atoms with E-state index in [0.29, 0.717) is 0 Å². The minimum atomic E-state index is 0.234. The second-order valence-corrected chi connectivity index (χ2v) is 5.18. The standard InChI is InChI=1S/C14H21BrO2/c1-2-3-4-5-6-7-8-17-14-10-12(15)9-13(16)11-14/h9-11,16H,2-8H2,1H3. The van der Waals surface area contributed by atoms with E-state index < -0.39 is 0 Å². The Bertz CT molecular complexity index is 306. The molecule has 0 aliphatic rings. The number of phenolic OH excluding ortho intramolecular Hbond substituents is 1. The van der Waals surface area contributed by atoms with Crippen molar-refractivity contribution in [1.29, 1.82) is 0 Å². The van der Waals surface area contributed by atoms with Gasteiger partial charge in [0.25, 0.3) is 0 Å². The van der Waals surface area contributed by atoms with E-state index in [1.54, 1.807) is 12.1 Å². The molecule has 1 aromatic rings. The molecule has 0 saturated heterocycles. The van der Waals surface area contributed by atoms with Crippen molar-refractivity contribution >= 4 is 15.9 Å². The Kier molecular flexibility index (Phi) is 7.10. The van der Waals surface area contributed by atoms with Crippen molar-refractivity contribution in [1.82, 2.24) is 0 Å². The fourth-order valence-corrected chi connectivity index (χ4v) is 2.16. The van der Waals surface area contributed by atoms with Gasteiger partial charge in [-0.3, -0.25) is 0 Å². The van der Waals surface area contributed by atoms with E-state index in [4.69, 9.17) is 4.74 Å². The van der Waals surface area contributed by atoms with Crippen LogP contribution in [0.15, 0.2) is 22.7 Å². The van der Waals surface area contributed by atoms with Crippen LogP contribution in [0.4, 0.5) is 0 Å². The Hall–Kier alpha value is -0.700. The lowest BCUT2D eigenvalue weighted by Crippen LogP contribution is -1.97. The third-order valence-electron chi connectivity index (χ3n) is 2.62. The molecule has 1 aromatic carbocycles. The number of benzene rings is 1. The molecule has 3 heteroatoms. The first kappa shape index (κ1) is 14.4. The Morgan fingerprint density at radius 3 is 2.47 bits per heavy atom. The first-order valence-corrected chi connectivity index (χ1v) is 7.14. The van der Waals surface area contributed by atoms with Crippen molar-refractivity contribution in [3.8, 4) is 11.5 Å². The van der Waals surface area contributed by atoms with Crippen LogP contribution in [0.1, 0.15) is 45.4 Å². The summed E-state index contributed by atoms with van der Waals surface area (Å²) in [6, 6.07) is 5.16. The van der Waals surface area contributed by atoms with Crippen molar-refractivity contribution in [2.45, 2.75) is 45.4 Å². The summed E-state index contributed by atoms with van der Waals surface area (Å²) in [6.07, 6.45) is 7.54. The van der Waals surface area contributed by atoms with E-state index in [1.807, 2.05) is 6.07 Å². The predicted octanol–water partition coefficient (Wildman–Crippen LogP) is 4.89. The maximum absolute atomic E-state index is 9.38. The molecule has 0 heterocycles. The maximum atomic E-state index is 9.38. The zero-order chi connectivity index (χ0) is 12.5. The van der Waals surface area contributed by atoms with Crippen LogP contribution < -0.4 is 4.74 Å². The molecule has 96 valence electrons. The zero-order valence-corrected chi connectivity index (χ0v) is 12.0. The number of aromatic hydroxyl groups is 1. The largest absolute Gasteiger partial charge is 0.508 e. The van der Waals surface area contributed by atoms with Gasteiger partial charge in [0.2, 0.25) is 0 Å². The summed E-state index contributed by atoms with van der Waals surface area (Å²) in [5.74, 6) is 0.961. The molecule has 0 spiro atoms. The summed E-state index contributed by atoms with van der Waals surface area (Å²) < 4.78 is 6.43. The van der Waals surface area contributed by atoms with Gasteiger partial charge in [0, 0.05) is 10.5 Å². The highest BCUT2D eigenvalue weighted by molar-refractivity contribution is 9.10. The molecule has 17 heavy (non-hydrogen) atoms. The average Bonchev–Trinajstić information content (AvgIpc) is 2.26. The van der Waals surface area contributed by atoms with Crippen molar-refractivity contribution in [2.75, 3.05) is 6.61 Å². The van der Waals surface area contributed by atoms with Crippen LogP contribution in [-0.2, 0) is 0 Å². The van der Waals surface area contributed by atoms with Crippen molar-refractivity contribution in [3.63, 3.8) is 0 Å². The van der Waals surface area contributed by atoms with Gasteiger partial charge in [-0.2, -0.15) is 0 Å². The highest BCUT2D eigenvalue weighted by Gasteiger charge is 1.99. The van der Waals surface area contributed by atoms with E-state index in [0.717, 1.165) is 23.2 Å². The van der Waals surface area contributed by atoms with E-state index in [1.165, 1.54) is 32.1 Å². The zero-order valence-electron chi connectivity index (χ0n) is 10.4. The SMILES string of the molecule is CCCCCCCCOc1cc(O)cc(Br)c1. The molecule has 0 amide bonds. The second-order valence-electron chi connectivity index (χ2n) is 4.26. The quantitative estimate of drug-likeness (QED) is 0.692. The number of hydrogen-bond donors (Lipinski definition) is 1. The third kappa shape index (κ3) is 6.57. The van der Waals surface area contributed by atoms with Gasteiger partial charge in [-0.1, -0.05) is 55.0 Å². The minimum absolute atomic E-state index is 0.234. The normalized spacial score (nSPS) is 10.5. The van der Waals surface area contributed by atoms with Gasteiger partial charge in [0.05, 0.1) is 6.61 Å². The van der Waals surface area contributed by atoms with Crippen LogP contribution in [-0.4, -0.2) is 11.7 Å². The smallest absolute Gasteiger partial charge is 0.124 e. The van der Waals surface area contributed by atoms with E-state index in [9.17, 15) is 5.11 Å². The monoisotopic (exact) mass is 300 g/mol. The number of hydrogen-bond acceptors (Lipinski definition) is 2. The average molecular weight is 301 g/mol. The topological polar surface area (TPSA) is 29.5 Å². The molecular weight excluding hydrogens is 280 g/mol. The third-order valence-corrected chi connectivity index (χ3v) is 3.08. The van der Waals surface area contributed by atoms with E-state index in [2.05, 4.69) is 22.9 Å². The summed E-state index contributed by atoms with van der Waals surface area (Å²) >= 11 is 3.32. The van der Waals surface area contributed by atoms with Gasteiger partial charge >= 0.3 is 0 Å². The van der Waals surface area contributed by atoms with E-state index in [-0.39, 0.29) is 5.75 Å². The highest BCUT2D eigenvalue weighted by atomic mass is 79.9. The minimum Gasteiger partial charge on any atom is -0.508 e. The Morgan fingerprint density at radius 2 is 1.76 bits per heavy atom. The molecule has 0 radical (unpaired) electrons. The fraction of sp³-hybridized carbons (Fsp3) is 0.571. The molecule has 0 bridgehead atoms. The van der Waals surface area contributed by atoms with Gasteiger partial charge < -0.3 is 9.84 Å². The summed E-state index contributed by atoms with van der Waals surface area (Å²) in [5, 5.41) is 9.38. The second kappa shape index (κ2) is 8.40. The molecule has 0 atom stereocenters. The Labute approximate surface area is 112 Å². The lowest BCUT2D eigenvalue weighted by molar-refractivity contribution is 0.302. The van der Waals surface area contributed by atoms with Gasteiger partial charge in [-0.15, -0.1) is 0 Å². The number of halogens is 1. The van der Waals surface area contributed by atoms with Crippen LogP contribution in [0.2, 0.25) is 0 Å². The number of rotatable bonds is 8. The maximum Gasteiger partial charge on any atom is 0.124 e. The van der Waals surface area contributed by atoms with Crippen LogP contribution >= 0.6 is 15.9 Å². The molecule has 0 aromatic heterocycles. The highest BCUT2D eigenvalue weighted by Crippen LogP contribution is 2.25. The predicted molar refractivity (Wildman–Crippen MR) is 74.7 cm³/mol. The van der Waals surface area contributed by atoms with Crippen LogP contribution in [0, 0.1) is 0 Å². The molecule has 0 fully saturated rings. The van der Waals surface area contributed by atoms with E-state index >= 15 is 0 Å². The van der Waals surface area contributed by atoms with Gasteiger partial charge in [0.1, 0.15) is 11.5 Å². The van der Waals surface area contributed by atoms with Crippen LogP contribution in [0.25, 0.3) is 0 Å². The summed E-state index contributed by atoms with van der Waals surface area (Å²) in [5.41, 5.74) is 0. The van der Waals surface area contributed by atoms with Crippen molar-refractivity contribution in [2.24, 2.45) is 0 Å². The summed E-state index contributed by atoms with van der Waals surface area (Å²) in [4.78, 5) is 0. The first-order chi connectivity index (χ1) is 8.22. The molecule has 2 nitrogen and oxygen atoms in total. The lowest BCUT2D eigenvalue weighted by Gasteiger charge is -2.07. The fourth-order valence-electron chi connectivity index (χ4n) is 1.70. The molecular formula is C14H21BrO2. The van der Waals surface area contributed by atoms with Gasteiger partial charge in [-0.05, 0) is 18.6 Å². The molecule has 1 N–H and O–H groups in total. The van der Waals surface area contributed by atoms with Crippen molar-refractivity contribution in [3.05, 3.63) is 22.7 Å². The summed E-state index contributed by atoms with van der Waals surface area (Å²) in [6.45, 7) is 2.95. The van der Waals surface area contributed by atoms with Crippen LogP contribution in [0.3, 0.4) is 0 Å². The van der Waals surface area contributed by atoms with Crippen LogP contribution in [0.5, 0.6) is 11.5 Å². The Balaban J connectivity index is 2.13. The number of ether oxygens (including phenoxy) is 1. The molecule has 1 rings (SSSR count). The molecule has 0 saturated carbocycles. The Morgan fingerprint density at radius 1 is 1.06 bits per heavy atom. The lowest BCUT2D eigenvalue weighted by atomic mass is 10.1. The first-order valence-electron chi connectivity index (χ1n) is 6.34. The summed E-state index contributed by atoms with van der Waals surface area (Å²) in [7, 11) is 0. The van der Waals surface area contributed by atoms with Gasteiger partial charge in [-0.25, -0.2) is 0 Å². The molecule has 0 unspecified atom stereocenters.